The van der Waals surface area contributed by atoms with Crippen LogP contribution in [0.15, 0.2) is 54.6 Å². The number of ether oxygens (including phenoxy) is 2. The molecule has 126 valence electrons. The molecule has 2 rings (SSSR count). The van der Waals surface area contributed by atoms with Gasteiger partial charge in [0.1, 0.15) is 5.75 Å². The Morgan fingerprint density at radius 3 is 2.38 bits per heavy atom. The Morgan fingerprint density at radius 2 is 1.79 bits per heavy atom. The molecule has 0 heterocycles. The molecular weight excluding hydrogens is 310 g/mol. The van der Waals surface area contributed by atoms with Crippen LogP contribution in [0.5, 0.6) is 5.75 Å². The largest absolute Gasteiger partial charge is 0.468 e. The van der Waals surface area contributed by atoms with Crippen molar-refractivity contribution in [2.45, 2.75) is 12.3 Å². The quantitative estimate of drug-likeness (QED) is 0.305. The van der Waals surface area contributed by atoms with Gasteiger partial charge in [0.25, 0.3) is 0 Å². The minimum atomic E-state index is -0.446. The molecule has 0 bridgehead atoms. The van der Waals surface area contributed by atoms with Gasteiger partial charge in [-0.3, -0.25) is 14.9 Å². The van der Waals surface area contributed by atoms with Crippen LogP contribution in [0.1, 0.15) is 28.3 Å². The summed E-state index contributed by atoms with van der Waals surface area (Å²) in [6, 6.07) is 15.8. The standard InChI is InChI=1S/C18H19NO5/c1-23-13-24-17-9-7-15(8-10-17)18(20)11-16(12-19(21)22)14-5-3-2-4-6-14/h2-10,16H,11-13H2,1H3. The summed E-state index contributed by atoms with van der Waals surface area (Å²) in [4.78, 5) is 23.0. The van der Waals surface area contributed by atoms with Crippen molar-refractivity contribution in [2.75, 3.05) is 20.4 Å². The Bertz CT molecular complexity index is 670. The van der Waals surface area contributed by atoms with Crippen molar-refractivity contribution in [1.29, 1.82) is 0 Å². The summed E-state index contributed by atoms with van der Waals surface area (Å²) in [5.41, 5.74) is 1.30. The molecule has 0 N–H and O–H groups in total. The highest BCUT2D eigenvalue weighted by Crippen LogP contribution is 2.23. The number of Topliss-reactive ketones (excluding diaryl/α,β-unsaturated/α-hetero) is 1. The van der Waals surface area contributed by atoms with Crippen LogP contribution >= 0.6 is 0 Å². The van der Waals surface area contributed by atoms with Gasteiger partial charge in [-0.25, -0.2) is 0 Å². The molecule has 0 aliphatic heterocycles. The molecule has 2 aromatic rings. The van der Waals surface area contributed by atoms with Crippen LogP contribution in [0, 0.1) is 10.1 Å². The fourth-order valence-electron chi connectivity index (χ4n) is 2.40. The Hall–Kier alpha value is -2.73. The molecule has 0 saturated heterocycles. The SMILES string of the molecule is COCOc1ccc(C(=O)CC(C[N+](=O)[O-])c2ccccc2)cc1. The van der Waals surface area contributed by atoms with Crippen LogP contribution in [0.3, 0.4) is 0 Å². The third kappa shape index (κ3) is 5.17. The predicted molar refractivity (Wildman–Crippen MR) is 88.9 cm³/mol. The lowest BCUT2D eigenvalue weighted by Crippen LogP contribution is -2.16. The van der Waals surface area contributed by atoms with Gasteiger partial charge in [-0.05, 0) is 29.8 Å². The maximum Gasteiger partial charge on any atom is 0.211 e. The summed E-state index contributed by atoms with van der Waals surface area (Å²) in [7, 11) is 1.52. The van der Waals surface area contributed by atoms with Gasteiger partial charge >= 0.3 is 0 Å². The molecule has 0 spiro atoms. The van der Waals surface area contributed by atoms with E-state index in [2.05, 4.69) is 0 Å². The highest BCUT2D eigenvalue weighted by Gasteiger charge is 2.22. The Balaban J connectivity index is 2.08. The summed E-state index contributed by atoms with van der Waals surface area (Å²) in [5.74, 6) is 0.0143. The Morgan fingerprint density at radius 1 is 1.12 bits per heavy atom. The predicted octanol–water partition coefficient (Wildman–Crippen LogP) is 3.30. The maximum absolute atomic E-state index is 12.4. The van der Waals surface area contributed by atoms with Gasteiger partial charge < -0.3 is 9.47 Å². The summed E-state index contributed by atoms with van der Waals surface area (Å²) in [6.07, 6.45) is 0.0866. The zero-order valence-electron chi connectivity index (χ0n) is 13.4. The van der Waals surface area contributed by atoms with Crippen LogP contribution < -0.4 is 4.74 Å². The first-order valence-electron chi connectivity index (χ1n) is 7.52. The molecule has 0 aliphatic rings. The number of carbonyl (C=O) groups is 1. The Labute approximate surface area is 140 Å². The van der Waals surface area contributed by atoms with Gasteiger partial charge in [0.15, 0.2) is 12.6 Å². The normalized spacial score (nSPS) is 11.7. The van der Waals surface area contributed by atoms with E-state index in [1.165, 1.54) is 7.11 Å². The van der Waals surface area contributed by atoms with Crippen LogP contribution in [0.4, 0.5) is 0 Å². The highest BCUT2D eigenvalue weighted by molar-refractivity contribution is 5.96. The summed E-state index contributed by atoms with van der Waals surface area (Å²) in [5, 5.41) is 10.9. The van der Waals surface area contributed by atoms with Crippen LogP contribution in [-0.2, 0) is 4.74 Å². The second-order valence-corrected chi connectivity index (χ2v) is 5.33. The average molecular weight is 329 g/mol. The summed E-state index contributed by atoms with van der Waals surface area (Å²) < 4.78 is 10.1. The zero-order chi connectivity index (χ0) is 17.4. The van der Waals surface area contributed by atoms with Gasteiger partial charge in [-0.2, -0.15) is 0 Å². The van der Waals surface area contributed by atoms with Crippen LogP contribution in [0.25, 0.3) is 0 Å². The monoisotopic (exact) mass is 329 g/mol. The van der Waals surface area contributed by atoms with Crippen molar-refractivity contribution >= 4 is 5.78 Å². The summed E-state index contributed by atoms with van der Waals surface area (Å²) >= 11 is 0. The fourth-order valence-corrected chi connectivity index (χ4v) is 2.40. The van der Waals surface area contributed by atoms with E-state index in [9.17, 15) is 14.9 Å². The number of ketones is 1. The number of benzene rings is 2. The molecular formula is C18H19NO5. The van der Waals surface area contributed by atoms with Gasteiger partial charge in [0, 0.05) is 24.0 Å². The first-order chi connectivity index (χ1) is 11.6. The van der Waals surface area contributed by atoms with E-state index in [4.69, 9.17) is 9.47 Å². The fraction of sp³-hybridized carbons (Fsp3) is 0.278. The smallest absolute Gasteiger partial charge is 0.211 e. The van der Waals surface area contributed by atoms with Crippen molar-refractivity contribution in [3.63, 3.8) is 0 Å². The lowest BCUT2D eigenvalue weighted by Gasteiger charge is -2.13. The van der Waals surface area contributed by atoms with E-state index >= 15 is 0 Å². The molecule has 6 heteroatoms. The number of rotatable bonds is 9. The number of hydrogen-bond acceptors (Lipinski definition) is 5. The molecule has 6 nitrogen and oxygen atoms in total. The van der Waals surface area contributed by atoms with E-state index < -0.39 is 5.92 Å². The zero-order valence-corrected chi connectivity index (χ0v) is 13.4. The first kappa shape index (κ1) is 17.6. The van der Waals surface area contributed by atoms with Crippen molar-refractivity contribution in [3.05, 3.63) is 75.8 Å². The minimum absolute atomic E-state index is 0.0866. The first-order valence-corrected chi connectivity index (χ1v) is 7.52. The van der Waals surface area contributed by atoms with Gasteiger partial charge in [-0.1, -0.05) is 30.3 Å². The van der Waals surface area contributed by atoms with E-state index in [1.54, 1.807) is 24.3 Å². The number of hydrogen-bond donors (Lipinski definition) is 0. The second kappa shape index (κ2) is 8.79. The van der Waals surface area contributed by atoms with Crippen molar-refractivity contribution in [1.82, 2.24) is 0 Å². The van der Waals surface area contributed by atoms with E-state index in [0.717, 1.165) is 5.56 Å². The third-order valence-corrected chi connectivity index (χ3v) is 3.59. The van der Waals surface area contributed by atoms with E-state index in [-0.39, 0.29) is 30.5 Å². The van der Waals surface area contributed by atoms with Crippen LogP contribution in [0.2, 0.25) is 0 Å². The van der Waals surface area contributed by atoms with Crippen molar-refractivity contribution in [3.8, 4) is 5.75 Å². The minimum Gasteiger partial charge on any atom is -0.468 e. The molecule has 0 aliphatic carbocycles. The lowest BCUT2D eigenvalue weighted by molar-refractivity contribution is -0.483. The molecule has 0 fully saturated rings. The summed E-state index contributed by atoms with van der Waals surface area (Å²) in [6.45, 7) is -0.142. The molecule has 0 radical (unpaired) electrons. The molecule has 1 atom stereocenters. The number of carbonyl (C=O) groups excluding carboxylic acids is 1. The highest BCUT2D eigenvalue weighted by atomic mass is 16.7. The number of nitrogens with zero attached hydrogens (tertiary/aromatic N) is 1. The Kier molecular flexibility index (Phi) is 6.45. The van der Waals surface area contributed by atoms with Crippen LogP contribution in [-0.4, -0.2) is 31.2 Å². The molecule has 0 saturated carbocycles. The maximum atomic E-state index is 12.4. The lowest BCUT2D eigenvalue weighted by atomic mass is 9.91. The molecule has 1 unspecified atom stereocenters. The molecule has 0 aromatic heterocycles. The number of methoxy groups -OCH3 is 1. The van der Waals surface area contributed by atoms with Crippen molar-refractivity contribution in [2.24, 2.45) is 0 Å². The van der Waals surface area contributed by atoms with E-state index in [1.807, 2.05) is 30.3 Å². The van der Waals surface area contributed by atoms with Crippen molar-refractivity contribution < 1.29 is 19.2 Å². The van der Waals surface area contributed by atoms with Gasteiger partial charge in [0.05, 0.1) is 5.92 Å². The second-order valence-electron chi connectivity index (χ2n) is 5.33. The topological polar surface area (TPSA) is 78.7 Å². The third-order valence-electron chi connectivity index (χ3n) is 3.59. The average Bonchev–Trinajstić information content (AvgIpc) is 2.60. The molecule has 24 heavy (non-hydrogen) atoms. The van der Waals surface area contributed by atoms with Gasteiger partial charge in [-0.15, -0.1) is 0 Å². The van der Waals surface area contributed by atoms with Gasteiger partial charge in [0.2, 0.25) is 6.54 Å². The molecule has 0 amide bonds. The number of nitro groups is 1. The van der Waals surface area contributed by atoms with E-state index in [0.29, 0.717) is 11.3 Å². The molecule has 2 aromatic carbocycles.